The molecule has 0 heterocycles. The van der Waals surface area contributed by atoms with Crippen LogP contribution in [0.15, 0.2) is 0 Å². The van der Waals surface area contributed by atoms with Gasteiger partial charge in [-0.15, -0.1) is 0 Å². The molecule has 0 bridgehead atoms. The zero-order chi connectivity index (χ0) is 12.6. The highest BCUT2D eigenvalue weighted by atomic mass is 32.2. The number of methoxy groups -OCH3 is 1. The summed E-state index contributed by atoms with van der Waals surface area (Å²) in [5, 5.41) is 8.44. The monoisotopic (exact) mass is 251 g/mol. The third-order valence-electron chi connectivity index (χ3n) is 3.10. The van der Waals surface area contributed by atoms with Gasteiger partial charge in [-0.3, -0.25) is 4.79 Å². The molecule has 7 heteroatoms. The number of carboxylic acid groups (broad SMARTS) is 1. The fraction of sp³-hybridized carbons (Fsp3) is 0.889. The minimum Gasteiger partial charge on any atom is -0.480 e. The van der Waals surface area contributed by atoms with E-state index >= 15 is 0 Å². The van der Waals surface area contributed by atoms with E-state index in [4.69, 9.17) is 9.84 Å². The summed E-state index contributed by atoms with van der Waals surface area (Å²) in [5.41, 5.74) is -0.305. The Morgan fingerprint density at radius 1 is 1.56 bits per heavy atom. The van der Waals surface area contributed by atoms with E-state index in [0.29, 0.717) is 6.42 Å². The lowest BCUT2D eigenvalue weighted by molar-refractivity contribution is -0.134. The van der Waals surface area contributed by atoms with Crippen molar-refractivity contribution in [1.82, 2.24) is 4.72 Å². The van der Waals surface area contributed by atoms with Crippen LogP contribution in [0.1, 0.15) is 20.3 Å². The highest BCUT2D eigenvalue weighted by Crippen LogP contribution is 2.42. The zero-order valence-corrected chi connectivity index (χ0v) is 10.4. The highest BCUT2D eigenvalue weighted by molar-refractivity contribution is 7.90. The summed E-state index contributed by atoms with van der Waals surface area (Å²) < 4.78 is 30.4. The second-order valence-corrected chi connectivity index (χ2v) is 6.36. The average Bonchev–Trinajstić information content (AvgIpc) is 2.09. The topological polar surface area (TPSA) is 92.7 Å². The first-order valence-electron chi connectivity index (χ1n) is 4.93. The summed E-state index contributed by atoms with van der Waals surface area (Å²) in [6.07, 6.45) is 0.576. The number of sulfonamides is 1. The van der Waals surface area contributed by atoms with Crippen molar-refractivity contribution in [2.45, 2.75) is 32.4 Å². The van der Waals surface area contributed by atoms with E-state index < -0.39 is 21.7 Å². The molecule has 0 radical (unpaired) electrons. The van der Waals surface area contributed by atoms with E-state index in [9.17, 15) is 13.2 Å². The van der Waals surface area contributed by atoms with Gasteiger partial charge in [-0.05, 0) is 6.42 Å². The summed E-state index contributed by atoms with van der Waals surface area (Å²) in [6.45, 7) is 3.78. The Kier molecular flexibility index (Phi) is 3.61. The minimum atomic E-state index is -3.75. The summed E-state index contributed by atoms with van der Waals surface area (Å²) in [6, 6.07) is -0.262. The Morgan fingerprint density at radius 2 is 2.12 bits per heavy atom. The van der Waals surface area contributed by atoms with Crippen LogP contribution in [0.2, 0.25) is 0 Å². The van der Waals surface area contributed by atoms with E-state index in [1.54, 1.807) is 7.11 Å². The largest absolute Gasteiger partial charge is 0.480 e. The lowest BCUT2D eigenvalue weighted by Crippen LogP contribution is -2.62. The first kappa shape index (κ1) is 13.4. The van der Waals surface area contributed by atoms with Gasteiger partial charge in [0.2, 0.25) is 10.0 Å². The maximum absolute atomic E-state index is 11.4. The van der Waals surface area contributed by atoms with Crippen molar-refractivity contribution in [1.29, 1.82) is 0 Å². The molecule has 0 saturated heterocycles. The van der Waals surface area contributed by atoms with Crippen LogP contribution in [-0.4, -0.2) is 44.5 Å². The van der Waals surface area contributed by atoms with Crippen LogP contribution in [0.25, 0.3) is 0 Å². The van der Waals surface area contributed by atoms with Gasteiger partial charge in [0, 0.05) is 18.6 Å². The fourth-order valence-electron chi connectivity index (χ4n) is 1.91. The number of aliphatic carboxylic acids is 1. The number of hydrogen-bond donors (Lipinski definition) is 2. The smallest absolute Gasteiger partial charge is 0.320 e. The Labute approximate surface area is 95.0 Å². The normalized spacial score (nSPS) is 28.4. The number of nitrogens with one attached hydrogen (secondary N) is 1. The molecule has 16 heavy (non-hydrogen) atoms. The van der Waals surface area contributed by atoms with Crippen molar-refractivity contribution in [3.05, 3.63) is 0 Å². The molecule has 1 rings (SSSR count). The molecular weight excluding hydrogens is 234 g/mol. The molecule has 0 aromatic heterocycles. The van der Waals surface area contributed by atoms with Gasteiger partial charge in [0.25, 0.3) is 0 Å². The summed E-state index contributed by atoms with van der Waals surface area (Å²) in [5.74, 6) is -2.25. The third-order valence-corrected chi connectivity index (χ3v) is 4.37. The Bertz CT molecular complexity index is 375. The SMILES string of the molecule is COC1CC(NS(=O)(=O)CC(=O)O)C1(C)C. The van der Waals surface area contributed by atoms with Crippen LogP contribution in [-0.2, 0) is 19.6 Å². The number of ether oxygens (including phenoxy) is 1. The van der Waals surface area contributed by atoms with Gasteiger partial charge in [-0.2, -0.15) is 0 Å². The van der Waals surface area contributed by atoms with E-state index in [-0.39, 0.29) is 17.6 Å². The van der Waals surface area contributed by atoms with Gasteiger partial charge in [-0.1, -0.05) is 13.8 Å². The molecule has 0 aliphatic heterocycles. The van der Waals surface area contributed by atoms with Crippen LogP contribution < -0.4 is 4.72 Å². The van der Waals surface area contributed by atoms with E-state index in [1.165, 1.54) is 0 Å². The summed E-state index contributed by atoms with van der Waals surface area (Å²) >= 11 is 0. The molecule has 1 saturated carbocycles. The number of rotatable bonds is 5. The average molecular weight is 251 g/mol. The minimum absolute atomic E-state index is 0.00466. The molecule has 0 spiro atoms. The fourth-order valence-corrected chi connectivity index (χ4v) is 3.15. The third kappa shape index (κ3) is 2.72. The molecule has 0 aromatic carbocycles. The first-order chi connectivity index (χ1) is 7.19. The molecule has 0 amide bonds. The van der Waals surface area contributed by atoms with Crippen LogP contribution in [0, 0.1) is 5.41 Å². The molecule has 1 aliphatic rings. The van der Waals surface area contributed by atoms with Crippen molar-refractivity contribution in [3.63, 3.8) is 0 Å². The second kappa shape index (κ2) is 4.31. The van der Waals surface area contributed by atoms with Crippen molar-refractivity contribution in [2.24, 2.45) is 5.41 Å². The van der Waals surface area contributed by atoms with Gasteiger partial charge >= 0.3 is 5.97 Å². The van der Waals surface area contributed by atoms with Gasteiger partial charge in [0.05, 0.1) is 6.10 Å². The van der Waals surface area contributed by atoms with Gasteiger partial charge < -0.3 is 9.84 Å². The predicted molar refractivity (Wildman–Crippen MR) is 57.5 cm³/mol. The van der Waals surface area contributed by atoms with Crippen molar-refractivity contribution in [3.8, 4) is 0 Å². The van der Waals surface area contributed by atoms with Gasteiger partial charge in [0.1, 0.15) is 0 Å². The zero-order valence-electron chi connectivity index (χ0n) is 9.56. The summed E-state index contributed by atoms with van der Waals surface area (Å²) in [7, 11) is -2.17. The van der Waals surface area contributed by atoms with Gasteiger partial charge in [-0.25, -0.2) is 13.1 Å². The van der Waals surface area contributed by atoms with Crippen LogP contribution in [0.5, 0.6) is 0 Å². The first-order valence-corrected chi connectivity index (χ1v) is 6.59. The Morgan fingerprint density at radius 3 is 2.50 bits per heavy atom. The van der Waals surface area contributed by atoms with Crippen LogP contribution in [0.3, 0.4) is 0 Å². The van der Waals surface area contributed by atoms with Crippen molar-refractivity contribution >= 4 is 16.0 Å². The Hall–Kier alpha value is -0.660. The maximum atomic E-state index is 11.4. The molecule has 2 atom stereocenters. The van der Waals surface area contributed by atoms with Crippen molar-refractivity contribution in [2.75, 3.05) is 12.9 Å². The molecule has 94 valence electrons. The summed E-state index contributed by atoms with van der Waals surface area (Å²) in [4.78, 5) is 10.3. The van der Waals surface area contributed by atoms with Crippen molar-refractivity contribution < 1.29 is 23.1 Å². The van der Waals surface area contributed by atoms with E-state index in [0.717, 1.165) is 0 Å². The Balaban J connectivity index is 2.61. The number of hydrogen-bond acceptors (Lipinski definition) is 4. The number of carbonyl (C=O) groups is 1. The molecule has 0 aromatic rings. The molecule has 1 fully saturated rings. The lowest BCUT2D eigenvalue weighted by Gasteiger charge is -2.50. The standard InChI is InChI=1S/C9H17NO5S/c1-9(2)6(4-7(9)15-3)10-16(13,14)5-8(11)12/h6-7,10H,4-5H2,1-3H3,(H,11,12). The molecular formula is C9H17NO5S. The number of carboxylic acids is 1. The highest BCUT2D eigenvalue weighted by Gasteiger charge is 2.50. The maximum Gasteiger partial charge on any atom is 0.320 e. The van der Waals surface area contributed by atoms with Gasteiger partial charge in [0.15, 0.2) is 5.75 Å². The second-order valence-electron chi connectivity index (χ2n) is 4.60. The predicted octanol–water partition coefficient (Wildman–Crippen LogP) is -0.196. The van der Waals surface area contributed by atoms with E-state index in [2.05, 4.69) is 4.72 Å². The lowest BCUT2D eigenvalue weighted by atomic mass is 9.65. The molecule has 2 unspecified atom stereocenters. The van der Waals surface area contributed by atoms with Crippen LogP contribution in [0.4, 0.5) is 0 Å². The van der Waals surface area contributed by atoms with Crippen LogP contribution >= 0.6 is 0 Å². The van der Waals surface area contributed by atoms with E-state index in [1.807, 2.05) is 13.8 Å². The molecule has 2 N–H and O–H groups in total. The molecule has 1 aliphatic carbocycles. The quantitative estimate of drug-likeness (QED) is 0.706. The molecule has 6 nitrogen and oxygen atoms in total.